The maximum atomic E-state index is 3.75. The Morgan fingerprint density at radius 1 is 1.10 bits per heavy atom. The lowest BCUT2D eigenvalue weighted by molar-refractivity contribution is 0.271. The molecule has 2 aromatic carbocycles. The maximum Gasteiger partial charge on any atom is 0.0294 e. The molecular weight excluding hydrogens is 322 g/mol. The van der Waals surface area contributed by atoms with Crippen molar-refractivity contribution in [2.75, 3.05) is 0 Å². The SMILES string of the molecule is Cc1ccc([C@@H](C)NC2CC(c3cccc(Br)c3)C2)cc1. The van der Waals surface area contributed by atoms with Crippen molar-refractivity contribution in [3.8, 4) is 0 Å². The fourth-order valence-electron chi connectivity index (χ4n) is 3.09. The second kappa shape index (κ2) is 6.33. The van der Waals surface area contributed by atoms with Gasteiger partial charge < -0.3 is 5.32 Å². The number of halogens is 1. The Balaban J connectivity index is 1.54. The van der Waals surface area contributed by atoms with Crippen molar-refractivity contribution in [3.63, 3.8) is 0 Å². The van der Waals surface area contributed by atoms with Gasteiger partial charge in [0.05, 0.1) is 0 Å². The van der Waals surface area contributed by atoms with Gasteiger partial charge in [0.1, 0.15) is 0 Å². The molecule has 0 aromatic heterocycles. The zero-order valence-electron chi connectivity index (χ0n) is 12.6. The van der Waals surface area contributed by atoms with Crippen molar-refractivity contribution in [1.82, 2.24) is 5.32 Å². The molecule has 1 nitrogen and oxygen atoms in total. The van der Waals surface area contributed by atoms with Gasteiger partial charge in [0.15, 0.2) is 0 Å². The van der Waals surface area contributed by atoms with Gasteiger partial charge in [0, 0.05) is 16.6 Å². The van der Waals surface area contributed by atoms with E-state index in [0.717, 1.165) is 0 Å². The zero-order valence-corrected chi connectivity index (χ0v) is 14.2. The quantitative estimate of drug-likeness (QED) is 0.788. The van der Waals surface area contributed by atoms with Crippen molar-refractivity contribution in [1.29, 1.82) is 0 Å². The van der Waals surface area contributed by atoms with Crippen LogP contribution < -0.4 is 5.32 Å². The molecule has 3 rings (SSSR count). The van der Waals surface area contributed by atoms with Gasteiger partial charge in [-0.15, -0.1) is 0 Å². The molecule has 2 aromatic rings. The Morgan fingerprint density at radius 2 is 1.81 bits per heavy atom. The third-order valence-corrected chi connectivity index (χ3v) is 5.01. The third-order valence-electron chi connectivity index (χ3n) is 4.52. The highest BCUT2D eigenvalue weighted by Gasteiger charge is 2.31. The van der Waals surface area contributed by atoms with Crippen molar-refractivity contribution >= 4 is 15.9 Å². The maximum absolute atomic E-state index is 3.75. The number of benzene rings is 2. The van der Waals surface area contributed by atoms with E-state index in [2.05, 4.69) is 83.6 Å². The highest BCUT2D eigenvalue weighted by atomic mass is 79.9. The van der Waals surface area contributed by atoms with Crippen LogP contribution in [0.2, 0.25) is 0 Å². The smallest absolute Gasteiger partial charge is 0.0294 e. The summed E-state index contributed by atoms with van der Waals surface area (Å²) in [6.07, 6.45) is 2.49. The Kier molecular flexibility index (Phi) is 4.46. The summed E-state index contributed by atoms with van der Waals surface area (Å²) in [7, 11) is 0. The van der Waals surface area contributed by atoms with Crippen LogP contribution in [0.15, 0.2) is 53.0 Å². The molecule has 1 fully saturated rings. The summed E-state index contributed by atoms with van der Waals surface area (Å²) in [5, 5.41) is 3.75. The Morgan fingerprint density at radius 3 is 2.48 bits per heavy atom. The number of aryl methyl sites for hydroxylation is 1. The molecule has 1 atom stereocenters. The van der Waals surface area contributed by atoms with Gasteiger partial charge in [-0.05, 0) is 55.9 Å². The second-order valence-corrected chi connectivity index (χ2v) is 7.13. The summed E-state index contributed by atoms with van der Waals surface area (Å²) in [6, 6.07) is 18.7. The molecule has 1 N–H and O–H groups in total. The van der Waals surface area contributed by atoms with E-state index in [4.69, 9.17) is 0 Å². The highest BCUT2D eigenvalue weighted by molar-refractivity contribution is 9.10. The molecule has 2 heteroatoms. The first-order valence-corrected chi connectivity index (χ1v) is 8.49. The molecule has 0 bridgehead atoms. The lowest BCUT2D eigenvalue weighted by Crippen LogP contribution is -2.41. The topological polar surface area (TPSA) is 12.0 Å². The van der Waals surface area contributed by atoms with Gasteiger partial charge in [0.25, 0.3) is 0 Å². The van der Waals surface area contributed by atoms with E-state index in [1.54, 1.807) is 0 Å². The van der Waals surface area contributed by atoms with Gasteiger partial charge in [-0.25, -0.2) is 0 Å². The van der Waals surface area contributed by atoms with Gasteiger partial charge in [-0.1, -0.05) is 57.9 Å². The summed E-state index contributed by atoms with van der Waals surface area (Å²) in [5.74, 6) is 0.713. The van der Waals surface area contributed by atoms with E-state index in [9.17, 15) is 0 Å². The highest BCUT2D eigenvalue weighted by Crippen LogP contribution is 2.38. The molecular formula is C19H22BrN. The number of rotatable bonds is 4. The first-order valence-electron chi connectivity index (χ1n) is 7.70. The molecule has 0 saturated heterocycles. The van der Waals surface area contributed by atoms with Gasteiger partial charge in [-0.3, -0.25) is 0 Å². The van der Waals surface area contributed by atoms with E-state index in [1.165, 1.54) is 34.0 Å². The minimum atomic E-state index is 0.430. The molecule has 21 heavy (non-hydrogen) atoms. The summed E-state index contributed by atoms with van der Waals surface area (Å²) < 4.78 is 1.18. The largest absolute Gasteiger partial charge is 0.307 e. The predicted molar refractivity (Wildman–Crippen MR) is 92.6 cm³/mol. The molecule has 0 spiro atoms. The van der Waals surface area contributed by atoms with Crippen LogP contribution in [0.1, 0.15) is 48.4 Å². The average molecular weight is 344 g/mol. The van der Waals surface area contributed by atoms with Crippen molar-refractivity contribution in [3.05, 3.63) is 69.7 Å². The van der Waals surface area contributed by atoms with E-state index >= 15 is 0 Å². The van der Waals surface area contributed by atoms with Crippen LogP contribution in [-0.4, -0.2) is 6.04 Å². The van der Waals surface area contributed by atoms with Crippen molar-refractivity contribution < 1.29 is 0 Å². The molecule has 0 unspecified atom stereocenters. The van der Waals surface area contributed by atoms with Crippen molar-refractivity contribution in [2.24, 2.45) is 0 Å². The van der Waals surface area contributed by atoms with E-state index in [-0.39, 0.29) is 0 Å². The standard InChI is InChI=1S/C19H22BrN/c1-13-6-8-15(9-7-13)14(2)21-19-11-17(12-19)16-4-3-5-18(20)10-16/h3-10,14,17,19,21H,11-12H2,1-2H3/t14-,17?,19?/m1/s1. The molecule has 0 heterocycles. The summed E-state index contributed by atoms with van der Waals surface area (Å²) in [4.78, 5) is 0. The van der Waals surface area contributed by atoms with Crippen LogP contribution in [0.5, 0.6) is 0 Å². The summed E-state index contributed by atoms with van der Waals surface area (Å²) in [5.41, 5.74) is 4.17. The monoisotopic (exact) mass is 343 g/mol. The normalized spacial score (nSPS) is 22.6. The summed E-state index contributed by atoms with van der Waals surface area (Å²) in [6.45, 7) is 4.40. The Hall–Kier alpha value is -1.12. The van der Waals surface area contributed by atoms with Gasteiger partial charge >= 0.3 is 0 Å². The average Bonchev–Trinajstić information content (AvgIpc) is 2.43. The van der Waals surface area contributed by atoms with Crippen LogP contribution in [0.25, 0.3) is 0 Å². The first kappa shape index (κ1) is 14.8. The second-order valence-electron chi connectivity index (χ2n) is 6.22. The Bertz CT molecular complexity index is 599. The third kappa shape index (κ3) is 3.56. The molecule has 0 aliphatic heterocycles. The zero-order chi connectivity index (χ0) is 14.8. The lowest BCUT2D eigenvalue weighted by atomic mass is 9.75. The van der Waals surface area contributed by atoms with Crippen LogP contribution in [0, 0.1) is 6.92 Å². The fraction of sp³-hybridized carbons (Fsp3) is 0.368. The van der Waals surface area contributed by atoms with Crippen LogP contribution in [0.4, 0.5) is 0 Å². The predicted octanol–water partition coefficient (Wildman–Crippen LogP) is 5.35. The van der Waals surface area contributed by atoms with E-state index < -0.39 is 0 Å². The van der Waals surface area contributed by atoms with E-state index in [0.29, 0.717) is 18.0 Å². The molecule has 1 saturated carbocycles. The number of hydrogen-bond acceptors (Lipinski definition) is 1. The van der Waals surface area contributed by atoms with Crippen molar-refractivity contribution in [2.45, 2.75) is 44.7 Å². The summed E-state index contributed by atoms with van der Waals surface area (Å²) >= 11 is 3.56. The van der Waals surface area contributed by atoms with Crippen LogP contribution >= 0.6 is 15.9 Å². The number of nitrogens with one attached hydrogen (secondary N) is 1. The molecule has 1 aliphatic carbocycles. The molecule has 110 valence electrons. The Labute approximate surface area is 135 Å². The number of hydrogen-bond donors (Lipinski definition) is 1. The molecule has 1 aliphatic rings. The van der Waals surface area contributed by atoms with Gasteiger partial charge in [0.2, 0.25) is 0 Å². The fourth-order valence-corrected chi connectivity index (χ4v) is 3.51. The van der Waals surface area contributed by atoms with Crippen LogP contribution in [0.3, 0.4) is 0 Å². The van der Waals surface area contributed by atoms with Gasteiger partial charge in [-0.2, -0.15) is 0 Å². The molecule has 0 amide bonds. The minimum Gasteiger partial charge on any atom is -0.307 e. The minimum absolute atomic E-state index is 0.430. The lowest BCUT2D eigenvalue weighted by Gasteiger charge is -2.38. The van der Waals surface area contributed by atoms with E-state index in [1.807, 2.05) is 0 Å². The molecule has 0 radical (unpaired) electrons. The van der Waals surface area contributed by atoms with Crippen LogP contribution in [-0.2, 0) is 0 Å². The first-order chi connectivity index (χ1) is 10.1.